The molecule has 4 aromatic rings. The number of nitrogens with zero attached hydrogens (tertiary/aromatic N) is 3. The average molecular weight is 475 g/mol. The quantitative estimate of drug-likeness (QED) is 0.373. The number of carbonyl (C=O) groups excluding carboxylic acids is 1. The largest absolute Gasteiger partial charge is 0.481 e. The van der Waals surface area contributed by atoms with E-state index >= 15 is 0 Å². The number of carbonyl (C=O) groups is 2. The lowest BCUT2D eigenvalue weighted by atomic mass is 10.1. The Balaban J connectivity index is 1.48. The van der Waals surface area contributed by atoms with Crippen molar-refractivity contribution >= 4 is 45.8 Å². The molecule has 1 aromatic heterocycles. The molecule has 1 heterocycles. The molecular formula is C26H23ClN4O3. The predicted octanol–water partition coefficient (Wildman–Crippen LogP) is 4.82. The Kier molecular flexibility index (Phi) is 6.75. The standard InChI is InChI=1S/C26H23ClN4O3/c1-31(2)25-21(15-23(32)33)24(27)29-22(30-25)13-16-7-11-20(12-8-16)28-26(34)19-10-9-17-5-3-4-6-18(17)14-19/h3-12,14H,13,15H2,1-2H3,(H,28,34)(H,32,33). The number of fused-ring (bicyclic) bond motifs is 1. The Labute approximate surface area is 202 Å². The second kappa shape index (κ2) is 9.89. The molecule has 2 N–H and O–H groups in total. The van der Waals surface area contributed by atoms with Gasteiger partial charge < -0.3 is 15.3 Å². The summed E-state index contributed by atoms with van der Waals surface area (Å²) < 4.78 is 0. The molecule has 172 valence electrons. The smallest absolute Gasteiger partial charge is 0.308 e. The van der Waals surface area contributed by atoms with E-state index < -0.39 is 5.97 Å². The molecule has 0 aliphatic carbocycles. The van der Waals surface area contributed by atoms with Gasteiger partial charge in [0.25, 0.3) is 5.91 Å². The fraction of sp³-hybridized carbons (Fsp3) is 0.154. The maximum Gasteiger partial charge on any atom is 0.308 e. The maximum atomic E-state index is 12.7. The number of amides is 1. The molecular weight excluding hydrogens is 452 g/mol. The van der Waals surface area contributed by atoms with E-state index in [-0.39, 0.29) is 17.5 Å². The molecule has 0 saturated heterocycles. The van der Waals surface area contributed by atoms with Gasteiger partial charge in [-0.3, -0.25) is 9.59 Å². The Bertz CT molecular complexity index is 1370. The van der Waals surface area contributed by atoms with Gasteiger partial charge in [-0.15, -0.1) is 0 Å². The minimum absolute atomic E-state index is 0.135. The van der Waals surface area contributed by atoms with Gasteiger partial charge in [0.1, 0.15) is 16.8 Å². The minimum atomic E-state index is -0.998. The van der Waals surface area contributed by atoms with Crippen molar-refractivity contribution in [2.45, 2.75) is 12.8 Å². The second-order valence-corrected chi connectivity index (χ2v) is 8.45. The first-order valence-electron chi connectivity index (χ1n) is 10.6. The molecule has 0 saturated carbocycles. The van der Waals surface area contributed by atoms with E-state index in [9.17, 15) is 9.59 Å². The summed E-state index contributed by atoms with van der Waals surface area (Å²) >= 11 is 6.28. The molecule has 1 amide bonds. The minimum Gasteiger partial charge on any atom is -0.481 e. The molecule has 34 heavy (non-hydrogen) atoms. The third-order valence-electron chi connectivity index (χ3n) is 5.32. The van der Waals surface area contributed by atoms with Gasteiger partial charge in [-0.1, -0.05) is 54.1 Å². The number of carboxylic acid groups (broad SMARTS) is 1. The molecule has 7 nitrogen and oxygen atoms in total. The zero-order chi connectivity index (χ0) is 24.2. The Hall–Kier alpha value is -3.97. The molecule has 0 unspecified atom stereocenters. The number of aliphatic carboxylic acids is 1. The summed E-state index contributed by atoms with van der Waals surface area (Å²) in [7, 11) is 3.56. The van der Waals surface area contributed by atoms with Crippen LogP contribution in [0.15, 0.2) is 66.7 Å². The Morgan fingerprint density at radius 2 is 1.68 bits per heavy atom. The van der Waals surface area contributed by atoms with E-state index in [1.54, 1.807) is 19.0 Å². The van der Waals surface area contributed by atoms with Gasteiger partial charge >= 0.3 is 5.97 Å². The summed E-state index contributed by atoms with van der Waals surface area (Å²) in [6.45, 7) is 0. The zero-order valence-electron chi connectivity index (χ0n) is 18.7. The maximum absolute atomic E-state index is 12.7. The second-order valence-electron chi connectivity index (χ2n) is 8.09. The van der Waals surface area contributed by atoms with Gasteiger partial charge in [-0.05, 0) is 40.6 Å². The van der Waals surface area contributed by atoms with Crippen molar-refractivity contribution in [3.8, 4) is 0 Å². The molecule has 0 atom stereocenters. The molecule has 0 spiro atoms. The average Bonchev–Trinajstić information content (AvgIpc) is 2.81. The number of halogens is 1. The van der Waals surface area contributed by atoms with Crippen molar-refractivity contribution in [2.24, 2.45) is 0 Å². The number of anilines is 2. The van der Waals surface area contributed by atoms with Crippen molar-refractivity contribution in [3.63, 3.8) is 0 Å². The van der Waals surface area contributed by atoms with Crippen molar-refractivity contribution in [3.05, 3.63) is 94.4 Å². The monoisotopic (exact) mass is 474 g/mol. The lowest BCUT2D eigenvalue weighted by molar-refractivity contribution is -0.136. The topological polar surface area (TPSA) is 95.4 Å². The van der Waals surface area contributed by atoms with Crippen LogP contribution in [0, 0.1) is 0 Å². The van der Waals surface area contributed by atoms with Crippen molar-refractivity contribution in [1.29, 1.82) is 0 Å². The number of hydrogen-bond donors (Lipinski definition) is 2. The van der Waals surface area contributed by atoms with Crippen LogP contribution < -0.4 is 10.2 Å². The molecule has 0 aliphatic rings. The summed E-state index contributed by atoms with van der Waals surface area (Å²) in [6, 6.07) is 20.9. The number of benzene rings is 3. The van der Waals surface area contributed by atoms with E-state index in [2.05, 4.69) is 15.3 Å². The van der Waals surface area contributed by atoms with Crippen molar-refractivity contribution in [1.82, 2.24) is 9.97 Å². The van der Waals surface area contributed by atoms with Crippen molar-refractivity contribution in [2.75, 3.05) is 24.3 Å². The molecule has 0 bridgehead atoms. The fourth-order valence-electron chi connectivity index (χ4n) is 3.66. The van der Waals surface area contributed by atoms with Crippen LogP contribution in [0.2, 0.25) is 5.15 Å². The van der Waals surface area contributed by atoms with Crippen molar-refractivity contribution < 1.29 is 14.7 Å². The van der Waals surface area contributed by atoms with E-state index in [1.807, 2.05) is 66.7 Å². The zero-order valence-corrected chi connectivity index (χ0v) is 19.5. The SMILES string of the molecule is CN(C)c1nc(Cc2ccc(NC(=O)c3ccc4ccccc4c3)cc2)nc(Cl)c1CC(=O)O. The highest BCUT2D eigenvalue weighted by molar-refractivity contribution is 6.30. The third kappa shape index (κ3) is 5.32. The van der Waals surface area contributed by atoms with E-state index in [4.69, 9.17) is 16.7 Å². The Morgan fingerprint density at radius 3 is 2.35 bits per heavy atom. The van der Waals surface area contributed by atoms with E-state index in [0.29, 0.717) is 34.9 Å². The highest BCUT2D eigenvalue weighted by Crippen LogP contribution is 2.25. The van der Waals surface area contributed by atoms with Crippen LogP contribution in [0.4, 0.5) is 11.5 Å². The molecule has 3 aromatic carbocycles. The van der Waals surface area contributed by atoms with E-state index in [1.165, 1.54) is 0 Å². The van der Waals surface area contributed by atoms with Crippen LogP contribution in [0.3, 0.4) is 0 Å². The molecule has 0 fully saturated rings. The van der Waals surface area contributed by atoms with Gasteiger partial charge in [0, 0.05) is 37.3 Å². The van der Waals surface area contributed by atoms with Gasteiger partial charge in [-0.25, -0.2) is 9.97 Å². The number of aromatic nitrogens is 2. The van der Waals surface area contributed by atoms with Crippen LogP contribution in [0.1, 0.15) is 27.3 Å². The summed E-state index contributed by atoms with van der Waals surface area (Å²) in [5.41, 5.74) is 2.57. The number of rotatable bonds is 7. The molecule has 8 heteroatoms. The van der Waals surface area contributed by atoms with Gasteiger partial charge in [-0.2, -0.15) is 0 Å². The van der Waals surface area contributed by atoms with Crippen LogP contribution in [0.25, 0.3) is 10.8 Å². The summed E-state index contributed by atoms with van der Waals surface area (Å²) in [6.07, 6.45) is 0.158. The lowest BCUT2D eigenvalue weighted by Crippen LogP contribution is -2.18. The van der Waals surface area contributed by atoms with E-state index in [0.717, 1.165) is 16.3 Å². The first-order chi connectivity index (χ1) is 16.3. The highest BCUT2D eigenvalue weighted by atomic mass is 35.5. The number of hydrogen-bond acceptors (Lipinski definition) is 5. The summed E-state index contributed by atoms with van der Waals surface area (Å²) in [4.78, 5) is 34.4. The molecule has 0 radical (unpaired) electrons. The fourth-order valence-corrected chi connectivity index (χ4v) is 3.91. The molecule has 0 aliphatic heterocycles. The van der Waals surface area contributed by atoms with Crippen LogP contribution in [-0.2, 0) is 17.6 Å². The summed E-state index contributed by atoms with van der Waals surface area (Å²) in [5.74, 6) is -0.214. The van der Waals surface area contributed by atoms with Crippen LogP contribution in [-0.4, -0.2) is 41.0 Å². The van der Waals surface area contributed by atoms with Crippen LogP contribution >= 0.6 is 11.6 Å². The third-order valence-corrected chi connectivity index (χ3v) is 5.63. The number of nitrogens with one attached hydrogen (secondary N) is 1. The first kappa shape index (κ1) is 23.2. The predicted molar refractivity (Wildman–Crippen MR) is 134 cm³/mol. The highest BCUT2D eigenvalue weighted by Gasteiger charge is 2.18. The van der Waals surface area contributed by atoms with Gasteiger partial charge in [0.15, 0.2) is 0 Å². The normalized spacial score (nSPS) is 10.8. The van der Waals surface area contributed by atoms with Crippen LogP contribution in [0.5, 0.6) is 0 Å². The number of carboxylic acids is 1. The first-order valence-corrected chi connectivity index (χ1v) is 11.0. The summed E-state index contributed by atoms with van der Waals surface area (Å²) in [5, 5.41) is 14.3. The molecule has 4 rings (SSSR count). The Morgan fingerprint density at radius 1 is 0.971 bits per heavy atom. The lowest BCUT2D eigenvalue weighted by Gasteiger charge is -2.17. The van der Waals surface area contributed by atoms with Gasteiger partial charge in [0.05, 0.1) is 6.42 Å². The van der Waals surface area contributed by atoms with Gasteiger partial charge in [0.2, 0.25) is 0 Å².